The van der Waals surface area contributed by atoms with E-state index in [1.54, 1.807) is 25.3 Å². The fraction of sp³-hybridized carbons (Fsp3) is 0.581. The van der Waals surface area contributed by atoms with E-state index in [0.29, 0.717) is 39.1 Å². The predicted molar refractivity (Wildman–Crippen MR) is 148 cm³/mol. The average molecular weight is 559 g/mol. The van der Waals surface area contributed by atoms with Gasteiger partial charge in [0.05, 0.1) is 17.3 Å². The van der Waals surface area contributed by atoms with Crippen molar-refractivity contribution in [1.29, 1.82) is 0 Å². The molecule has 6 nitrogen and oxygen atoms in total. The Labute approximate surface area is 235 Å². The maximum absolute atomic E-state index is 13.6. The fourth-order valence-electron chi connectivity index (χ4n) is 5.96. The lowest BCUT2D eigenvalue weighted by Gasteiger charge is -2.49. The standard InChI is InChI=1S/C31H41F3N4O2/c1-21-6-11-26(35-19-21)29(24-7-9-25(10-8-24)31(32,33)34)37-16-17-38(27(20-37)30(3,4)5)28(40)18-23-12-14-36(15-13-23)22(2)39/h6-11,19,23,27,29H,12-18,20H2,1-5H3/t27-,29?/m1/s1. The smallest absolute Gasteiger partial charge is 0.343 e. The minimum absolute atomic E-state index is 0.0755. The molecule has 3 heterocycles. The number of hydrogen-bond acceptors (Lipinski definition) is 4. The molecule has 0 bridgehead atoms. The highest BCUT2D eigenvalue weighted by atomic mass is 19.4. The molecule has 1 aromatic carbocycles. The molecule has 40 heavy (non-hydrogen) atoms. The minimum atomic E-state index is -4.40. The van der Waals surface area contributed by atoms with Gasteiger partial charge in [0, 0.05) is 58.3 Å². The summed E-state index contributed by atoms with van der Waals surface area (Å²) >= 11 is 0. The van der Waals surface area contributed by atoms with Gasteiger partial charge in [-0.2, -0.15) is 13.2 Å². The van der Waals surface area contributed by atoms with Crippen LogP contribution in [0.3, 0.4) is 0 Å². The second-order valence-electron chi connectivity index (χ2n) is 12.4. The van der Waals surface area contributed by atoms with Gasteiger partial charge in [-0.3, -0.25) is 19.5 Å². The van der Waals surface area contributed by atoms with Crippen molar-refractivity contribution in [3.8, 4) is 0 Å². The number of aryl methyl sites for hydroxylation is 1. The van der Waals surface area contributed by atoms with Gasteiger partial charge in [0.25, 0.3) is 0 Å². The molecular weight excluding hydrogens is 517 g/mol. The zero-order chi connectivity index (χ0) is 29.2. The van der Waals surface area contributed by atoms with Gasteiger partial charge in [-0.25, -0.2) is 0 Å². The van der Waals surface area contributed by atoms with Crippen LogP contribution in [0.2, 0.25) is 0 Å². The second kappa shape index (κ2) is 11.9. The summed E-state index contributed by atoms with van der Waals surface area (Å²) < 4.78 is 39.9. The molecule has 4 rings (SSSR count). The highest BCUT2D eigenvalue weighted by molar-refractivity contribution is 5.77. The van der Waals surface area contributed by atoms with Gasteiger partial charge in [-0.05, 0) is 60.4 Å². The molecule has 2 atom stereocenters. The number of carbonyl (C=O) groups is 2. The van der Waals surface area contributed by atoms with E-state index in [0.717, 1.165) is 41.8 Å². The van der Waals surface area contributed by atoms with E-state index >= 15 is 0 Å². The SMILES string of the molecule is CC(=O)N1CCC(CC(=O)N2CCN(C(c3ccc(C(F)(F)F)cc3)c3ccc(C)cn3)C[C@@H]2C(C)(C)C)CC1. The molecule has 1 aromatic heterocycles. The number of pyridine rings is 1. The van der Waals surface area contributed by atoms with E-state index in [1.165, 1.54) is 0 Å². The summed E-state index contributed by atoms with van der Waals surface area (Å²) in [5, 5.41) is 0. The molecule has 0 aliphatic carbocycles. The van der Waals surface area contributed by atoms with Crippen molar-refractivity contribution in [3.05, 3.63) is 65.0 Å². The Kier molecular flexibility index (Phi) is 8.93. The van der Waals surface area contributed by atoms with Gasteiger partial charge in [-0.15, -0.1) is 0 Å². The first-order valence-electron chi connectivity index (χ1n) is 14.1. The van der Waals surface area contributed by atoms with Gasteiger partial charge >= 0.3 is 6.18 Å². The Morgan fingerprint density at radius 2 is 1.62 bits per heavy atom. The average Bonchev–Trinajstić information content (AvgIpc) is 2.89. The zero-order valence-electron chi connectivity index (χ0n) is 24.2. The first kappa shape index (κ1) is 30.0. The molecule has 2 aliphatic rings. The Hall–Kier alpha value is -2.94. The van der Waals surface area contributed by atoms with E-state index in [2.05, 4.69) is 30.7 Å². The molecule has 2 saturated heterocycles. The summed E-state index contributed by atoms with van der Waals surface area (Å²) in [7, 11) is 0. The van der Waals surface area contributed by atoms with Crippen LogP contribution in [0.25, 0.3) is 0 Å². The van der Waals surface area contributed by atoms with Crippen LogP contribution in [0, 0.1) is 18.3 Å². The largest absolute Gasteiger partial charge is 0.416 e. The third-order valence-electron chi connectivity index (χ3n) is 8.39. The summed E-state index contributed by atoms with van der Waals surface area (Å²) in [4.78, 5) is 36.1. The van der Waals surface area contributed by atoms with Crippen molar-refractivity contribution in [1.82, 2.24) is 19.7 Å². The first-order chi connectivity index (χ1) is 18.7. The lowest BCUT2D eigenvalue weighted by atomic mass is 9.82. The highest BCUT2D eigenvalue weighted by Crippen LogP contribution is 2.37. The third-order valence-corrected chi connectivity index (χ3v) is 8.39. The summed E-state index contributed by atoms with van der Waals surface area (Å²) in [5.74, 6) is 0.484. The van der Waals surface area contributed by atoms with Crippen molar-refractivity contribution in [2.45, 2.75) is 72.1 Å². The number of alkyl halides is 3. The van der Waals surface area contributed by atoms with Gasteiger partial charge < -0.3 is 9.80 Å². The van der Waals surface area contributed by atoms with Crippen LogP contribution in [-0.4, -0.2) is 70.3 Å². The van der Waals surface area contributed by atoms with Crippen molar-refractivity contribution in [2.75, 3.05) is 32.7 Å². The number of benzene rings is 1. The number of amides is 2. The summed E-state index contributed by atoms with van der Waals surface area (Å²) in [6.07, 6.45) is -0.478. The molecule has 2 aliphatic heterocycles. The van der Waals surface area contributed by atoms with E-state index in [-0.39, 0.29) is 35.2 Å². The monoisotopic (exact) mass is 558 g/mol. The van der Waals surface area contributed by atoms with Crippen LogP contribution in [0.15, 0.2) is 42.6 Å². The van der Waals surface area contributed by atoms with Gasteiger partial charge in [0.2, 0.25) is 11.8 Å². The first-order valence-corrected chi connectivity index (χ1v) is 14.1. The number of piperidine rings is 1. The van der Waals surface area contributed by atoms with Gasteiger partial charge in [-0.1, -0.05) is 39.0 Å². The highest BCUT2D eigenvalue weighted by Gasteiger charge is 2.41. The lowest BCUT2D eigenvalue weighted by molar-refractivity contribution is -0.141. The van der Waals surface area contributed by atoms with Crippen molar-refractivity contribution >= 4 is 11.8 Å². The molecule has 0 radical (unpaired) electrons. The lowest BCUT2D eigenvalue weighted by Crippen LogP contribution is -2.60. The third kappa shape index (κ3) is 7.03. The minimum Gasteiger partial charge on any atom is -0.343 e. The molecule has 2 aromatic rings. The molecule has 0 N–H and O–H groups in total. The Bertz CT molecular complexity index is 1170. The number of halogens is 3. The fourth-order valence-corrected chi connectivity index (χ4v) is 5.96. The molecule has 2 fully saturated rings. The number of carbonyl (C=O) groups excluding carboxylic acids is 2. The molecule has 0 spiro atoms. The molecule has 1 unspecified atom stereocenters. The zero-order valence-corrected chi connectivity index (χ0v) is 24.2. The van der Waals surface area contributed by atoms with Crippen LogP contribution >= 0.6 is 0 Å². The summed E-state index contributed by atoms with van der Waals surface area (Å²) in [5.41, 5.74) is 1.64. The van der Waals surface area contributed by atoms with E-state index in [1.807, 2.05) is 28.9 Å². The quantitative estimate of drug-likeness (QED) is 0.472. The summed E-state index contributed by atoms with van der Waals surface area (Å²) in [6, 6.07) is 8.86. The molecule has 9 heteroatoms. The van der Waals surface area contributed by atoms with E-state index in [4.69, 9.17) is 0 Å². The predicted octanol–water partition coefficient (Wildman–Crippen LogP) is 5.71. The van der Waals surface area contributed by atoms with Gasteiger partial charge in [0.15, 0.2) is 0 Å². The number of rotatable bonds is 5. The van der Waals surface area contributed by atoms with E-state index in [9.17, 15) is 22.8 Å². The Balaban J connectivity index is 1.56. The molecule has 218 valence electrons. The van der Waals surface area contributed by atoms with E-state index < -0.39 is 11.7 Å². The molecule has 0 saturated carbocycles. The normalized spacial score (nSPS) is 20.4. The number of piperazine rings is 1. The summed E-state index contributed by atoms with van der Waals surface area (Å²) in [6.45, 7) is 13.0. The van der Waals surface area contributed by atoms with Crippen molar-refractivity contribution in [3.63, 3.8) is 0 Å². The number of likely N-dealkylation sites (tertiary alicyclic amines) is 1. The van der Waals surface area contributed by atoms with Crippen LogP contribution < -0.4 is 0 Å². The maximum atomic E-state index is 13.6. The van der Waals surface area contributed by atoms with Crippen LogP contribution in [0.1, 0.15) is 75.4 Å². The van der Waals surface area contributed by atoms with Crippen LogP contribution in [-0.2, 0) is 15.8 Å². The van der Waals surface area contributed by atoms with Crippen LogP contribution in [0.4, 0.5) is 13.2 Å². The maximum Gasteiger partial charge on any atom is 0.416 e. The molecular formula is C31H41F3N4O2. The van der Waals surface area contributed by atoms with Crippen LogP contribution in [0.5, 0.6) is 0 Å². The van der Waals surface area contributed by atoms with Gasteiger partial charge in [0.1, 0.15) is 0 Å². The number of aromatic nitrogens is 1. The van der Waals surface area contributed by atoms with Crippen molar-refractivity contribution in [2.24, 2.45) is 11.3 Å². The Morgan fingerprint density at radius 3 is 2.15 bits per heavy atom. The Morgan fingerprint density at radius 1 is 0.975 bits per heavy atom. The molecule has 2 amide bonds. The number of nitrogens with zero attached hydrogens (tertiary/aromatic N) is 4. The van der Waals surface area contributed by atoms with Crippen molar-refractivity contribution < 1.29 is 22.8 Å². The topological polar surface area (TPSA) is 56.8 Å². The second-order valence-corrected chi connectivity index (χ2v) is 12.4. The number of hydrogen-bond donors (Lipinski definition) is 0.